The standard InChI is InChI=1S/C14H17N3O/c1-15-11-14(18)16-12-5-7-13(8-6-12)17-9-3-2-4-10-17/h5-8H,2-4,9-11H2,(H,16,18). The summed E-state index contributed by atoms with van der Waals surface area (Å²) in [5.41, 5.74) is 1.96. The van der Waals surface area contributed by atoms with Crippen molar-refractivity contribution in [2.24, 2.45) is 0 Å². The molecule has 94 valence electrons. The molecule has 1 saturated heterocycles. The Hall–Kier alpha value is -2.02. The van der Waals surface area contributed by atoms with Crippen molar-refractivity contribution in [3.63, 3.8) is 0 Å². The lowest BCUT2D eigenvalue weighted by molar-refractivity contribution is -0.114. The molecule has 1 aromatic rings. The number of piperidine rings is 1. The van der Waals surface area contributed by atoms with Gasteiger partial charge in [0.05, 0.1) is 0 Å². The van der Waals surface area contributed by atoms with Crippen molar-refractivity contribution < 1.29 is 4.79 Å². The van der Waals surface area contributed by atoms with Gasteiger partial charge in [0.1, 0.15) is 0 Å². The molecule has 0 saturated carbocycles. The first-order valence-electron chi connectivity index (χ1n) is 6.27. The van der Waals surface area contributed by atoms with Crippen LogP contribution in [0.2, 0.25) is 0 Å². The molecular weight excluding hydrogens is 226 g/mol. The summed E-state index contributed by atoms with van der Waals surface area (Å²) in [5.74, 6) is -0.254. The molecule has 18 heavy (non-hydrogen) atoms. The summed E-state index contributed by atoms with van der Waals surface area (Å²) in [4.78, 5) is 16.7. The predicted molar refractivity (Wildman–Crippen MR) is 72.6 cm³/mol. The topological polar surface area (TPSA) is 36.7 Å². The fourth-order valence-electron chi connectivity index (χ4n) is 2.18. The third kappa shape index (κ3) is 3.24. The van der Waals surface area contributed by atoms with E-state index in [4.69, 9.17) is 6.57 Å². The Kier molecular flexibility index (Phi) is 4.19. The minimum Gasteiger partial charge on any atom is -0.372 e. The smallest absolute Gasteiger partial charge is 0.304 e. The Balaban J connectivity index is 1.96. The summed E-state index contributed by atoms with van der Waals surface area (Å²) < 4.78 is 0. The quantitative estimate of drug-likeness (QED) is 0.828. The van der Waals surface area contributed by atoms with E-state index in [-0.39, 0.29) is 12.5 Å². The Morgan fingerprint density at radius 2 is 1.89 bits per heavy atom. The number of benzene rings is 1. The highest BCUT2D eigenvalue weighted by Crippen LogP contribution is 2.21. The molecule has 0 unspecified atom stereocenters. The van der Waals surface area contributed by atoms with E-state index in [1.165, 1.54) is 24.9 Å². The first-order chi connectivity index (χ1) is 8.79. The molecule has 0 aliphatic carbocycles. The third-order valence-electron chi connectivity index (χ3n) is 3.09. The van der Waals surface area contributed by atoms with E-state index in [0.717, 1.165) is 18.8 Å². The molecule has 1 fully saturated rings. The van der Waals surface area contributed by atoms with Gasteiger partial charge < -0.3 is 15.1 Å². The highest BCUT2D eigenvalue weighted by Gasteiger charge is 2.11. The molecule has 1 heterocycles. The normalized spacial score (nSPS) is 14.9. The number of hydrogen-bond acceptors (Lipinski definition) is 2. The van der Waals surface area contributed by atoms with E-state index in [1.54, 1.807) is 0 Å². The summed E-state index contributed by atoms with van der Waals surface area (Å²) in [5, 5.41) is 2.70. The van der Waals surface area contributed by atoms with Crippen LogP contribution < -0.4 is 10.2 Å². The van der Waals surface area contributed by atoms with Gasteiger partial charge >= 0.3 is 5.91 Å². The van der Waals surface area contributed by atoms with Crippen LogP contribution in [-0.4, -0.2) is 25.5 Å². The van der Waals surface area contributed by atoms with Gasteiger partial charge in [-0.05, 0) is 43.5 Å². The van der Waals surface area contributed by atoms with Gasteiger partial charge in [0, 0.05) is 24.5 Å². The largest absolute Gasteiger partial charge is 0.372 e. The second-order valence-corrected chi connectivity index (χ2v) is 4.46. The van der Waals surface area contributed by atoms with Gasteiger partial charge in [0.2, 0.25) is 0 Å². The molecule has 1 aliphatic heterocycles. The van der Waals surface area contributed by atoms with Gasteiger partial charge in [-0.2, -0.15) is 0 Å². The Bertz CT molecular complexity index is 441. The molecule has 2 rings (SSSR count). The van der Waals surface area contributed by atoms with Gasteiger partial charge in [-0.25, -0.2) is 6.57 Å². The number of carbonyl (C=O) groups excluding carboxylic acids is 1. The van der Waals surface area contributed by atoms with Crippen molar-refractivity contribution >= 4 is 17.3 Å². The van der Waals surface area contributed by atoms with Crippen LogP contribution in [0.3, 0.4) is 0 Å². The van der Waals surface area contributed by atoms with Gasteiger partial charge in [-0.15, -0.1) is 0 Å². The van der Waals surface area contributed by atoms with Crippen LogP contribution in [0, 0.1) is 6.57 Å². The van der Waals surface area contributed by atoms with Crippen LogP contribution in [-0.2, 0) is 4.79 Å². The van der Waals surface area contributed by atoms with Crippen LogP contribution in [0.15, 0.2) is 24.3 Å². The third-order valence-corrected chi connectivity index (χ3v) is 3.09. The lowest BCUT2D eigenvalue weighted by Crippen LogP contribution is -2.29. The van der Waals surface area contributed by atoms with Crippen molar-refractivity contribution in [2.45, 2.75) is 19.3 Å². The SMILES string of the molecule is [C-]#[N+]CC(=O)Nc1ccc(N2CCCCC2)cc1. The van der Waals surface area contributed by atoms with Gasteiger partial charge in [-0.1, -0.05) is 0 Å². The average molecular weight is 243 g/mol. The maximum Gasteiger partial charge on any atom is 0.304 e. The number of nitrogens with zero attached hydrogens (tertiary/aromatic N) is 2. The molecule has 1 aromatic carbocycles. The zero-order valence-electron chi connectivity index (χ0n) is 10.4. The maximum atomic E-state index is 11.3. The van der Waals surface area contributed by atoms with E-state index in [1.807, 2.05) is 24.3 Å². The average Bonchev–Trinajstić information content (AvgIpc) is 2.41. The summed E-state index contributed by atoms with van der Waals surface area (Å²) in [6.07, 6.45) is 3.83. The fraction of sp³-hybridized carbons (Fsp3) is 0.429. The fourth-order valence-corrected chi connectivity index (χ4v) is 2.18. The maximum absolute atomic E-state index is 11.3. The monoisotopic (exact) mass is 243 g/mol. The van der Waals surface area contributed by atoms with Crippen LogP contribution >= 0.6 is 0 Å². The van der Waals surface area contributed by atoms with Crippen molar-refractivity contribution in [1.29, 1.82) is 0 Å². The number of hydrogen-bond donors (Lipinski definition) is 1. The van der Waals surface area contributed by atoms with Crippen molar-refractivity contribution in [2.75, 3.05) is 29.9 Å². The lowest BCUT2D eigenvalue weighted by Gasteiger charge is -2.28. The molecule has 0 spiro atoms. The molecule has 1 aliphatic rings. The van der Waals surface area contributed by atoms with Crippen LogP contribution in [0.4, 0.5) is 11.4 Å². The van der Waals surface area contributed by atoms with E-state index < -0.39 is 0 Å². The van der Waals surface area contributed by atoms with Crippen LogP contribution in [0.5, 0.6) is 0 Å². The minimum absolute atomic E-state index is 0.117. The van der Waals surface area contributed by atoms with Gasteiger partial charge in [-0.3, -0.25) is 4.79 Å². The number of anilines is 2. The number of rotatable bonds is 3. The predicted octanol–water partition coefficient (Wildman–Crippen LogP) is 2.53. The van der Waals surface area contributed by atoms with E-state index >= 15 is 0 Å². The summed E-state index contributed by atoms with van der Waals surface area (Å²) >= 11 is 0. The molecule has 1 amide bonds. The van der Waals surface area contributed by atoms with E-state index in [0.29, 0.717) is 0 Å². The zero-order valence-corrected chi connectivity index (χ0v) is 10.4. The molecule has 0 bridgehead atoms. The van der Waals surface area contributed by atoms with Gasteiger partial charge in [0.25, 0.3) is 6.54 Å². The van der Waals surface area contributed by atoms with Crippen molar-refractivity contribution in [3.05, 3.63) is 35.7 Å². The molecular formula is C14H17N3O. The van der Waals surface area contributed by atoms with Crippen molar-refractivity contribution in [3.8, 4) is 0 Å². The Morgan fingerprint density at radius 1 is 1.22 bits per heavy atom. The molecule has 4 heteroatoms. The molecule has 1 N–H and O–H groups in total. The van der Waals surface area contributed by atoms with Crippen LogP contribution in [0.25, 0.3) is 4.85 Å². The van der Waals surface area contributed by atoms with Crippen LogP contribution in [0.1, 0.15) is 19.3 Å². The van der Waals surface area contributed by atoms with E-state index in [9.17, 15) is 4.79 Å². The molecule has 4 nitrogen and oxygen atoms in total. The van der Waals surface area contributed by atoms with Gasteiger partial charge in [0.15, 0.2) is 0 Å². The lowest BCUT2D eigenvalue weighted by atomic mass is 10.1. The number of amides is 1. The minimum atomic E-state index is -0.254. The molecule has 0 aromatic heterocycles. The first-order valence-corrected chi connectivity index (χ1v) is 6.27. The zero-order chi connectivity index (χ0) is 12.8. The first kappa shape index (κ1) is 12.4. The second-order valence-electron chi connectivity index (χ2n) is 4.46. The summed E-state index contributed by atoms with van der Waals surface area (Å²) in [6, 6.07) is 7.84. The Morgan fingerprint density at radius 3 is 2.50 bits per heavy atom. The van der Waals surface area contributed by atoms with E-state index in [2.05, 4.69) is 15.1 Å². The Labute approximate surface area is 107 Å². The summed E-state index contributed by atoms with van der Waals surface area (Å²) in [6.45, 7) is 8.74. The summed E-state index contributed by atoms with van der Waals surface area (Å²) in [7, 11) is 0. The number of nitrogens with one attached hydrogen (secondary N) is 1. The number of carbonyl (C=O) groups is 1. The highest BCUT2D eigenvalue weighted by molar-refractivity contribution is 5.93. The molecule has 0 atom stereocenters. The molecule has 0 radical (unpaired) electrons. The highest BCUT2D eigenvalue weighted by atomic mass is 16.1. The second kappa shape index (κ2) is 6.06. The van der Waals surface area contributed by atoms with Crippen molar-refractivity contribution in [1.82, 2.24) is 0 Å².